The highest BCUT2D eigenvalue weighted by Crippen LogP contribution is 1.98. The molecule has 0 amide bonds. The largest absolute Gasteiger partial charge is 0.173 e. The van der Waals surface area contributed by atoms with Crippen LogP contribution in [0.25, 0.3) is 0 Å². The van der Waals surface area contributed by atoms with Crippen molar-refractivity contribution in [3.05, 3.63) is 0 Å². The summed E-state index contributed by atoms with van der Waals surface area (Å²) in [5, 5.41) is 0. The third kappa shape index (κ3) is 5.09. The molecule has 0 aromatic carbocycles. The van der Waals surface area contributed by atoms with Crippen molar-refractivity contribution in [2.24, 2.45) is 0 Å². The van der Waals surface area contributed by atoms with Crippen LogP contribution in [0, 0.1) is 0 Å². The van der Waals surface area contributed by atoms with Crippen LogP contribution in [0.4, 0.5) is 0 Å². The quantitative estimate of drug-likeness (QED) is 0.297. The minimum atomic E-state index is -0.648. The lowest BCUT2D eigenvalue weighted by atomic mass is 11.9. The SMILES string of the molecule is Cl[SiH2]C(Cl)Cl. The van der Waals surface area contributed by atoms with E-state index in [0.717, 1.165) is 0 Å². The Bertz CT molecular complexity index is 20.9. The minimum Gasteiger partial charge on any atom is -0.173 e. The van der Waals surface area contributed by atoms with Gasteiger partial charge in [-0.15, -0.1) is 23.2 Å². The van der Waals surface area contributed by atoms with Gasteiger partial charge in [0.1, 0.15) is 4.46 Å². The van der Waals surface area contributed by atoms with E-state index >= 15 is 0 Å². The lowest BCUT2D eigenvalue weighted by molar-refractivity contribution is 1.94. The second kappa shape index (κ2) is 3.28. The zero-order chi connectivity index (χ0) is 4.28. The van der Waals surface area contributed by atoms with Gasteiger partial charge < -0.3 is 0 Å². The molecule has 0 aliphatic carbocycles. The molecule has 0 aromatic rings. The predicted octanol–water partition coefficient (Wildman–Crippen LogP) is 1.07. The maximum absolute atomic E-state index is 5.21. The van der Waals surface area contributed by atoms with E-state index in [1.165, 1.54) is 0 Å². The molecular weight excluding hydrogens is 146 g/mol. The molecule has 4 heteroatoms. The molecule has 0 unspecified atom stereocenters. The van der Waals surface area contributed by atoms with Crippen molar-refractivity contribution in [1.29, 1.82) is 0 Å². The van der Waals surface area contributed by atoms with Crippen molar-refractivity contribution < 1.29 is 0 Å². The summed E-state index contributed by atoms with van der Waals surface area (Å²) in [7, 11) is -0.648. The smallest absolute Gasteiger partial charge is 0.161 e. The predicted molar refractivity (Wildman–Crippen MR) is 29.9 cm³/mol. The van der Waals surface area contributed by atoms with Crippen molar-refractivity contribution in [2.75, 3.05) is 0 Å². The van der Waals surface area contributed by atoms with E-state index in [9.17, 15) is 0 Å². The van der Waals surface area contributed by atoms with Gasteiger partial charge in [-0.05, 0) is 0 Å². The van der Waals surface area contributed by atoms with Gasteiger partial charge in [0.05, 0.1) is 0 Å². The average molecular weight is 149 g/mol. The summed E-state index contributed by atoms with van der Waals surface area (Å²) in [6.45, 7) is 0. The second-order valence-corrected chi connectivity index (χ2v) is 4.91. The van der Waals surface area contributed by atoms with Crippen molar-refractivity contribution in [3.63, 3.8) is 0 Å². The molecule has 0 saturated heterocycles. The van der Waals surface area contributed by atoms with Crippen LogP contribution in [-0.2, 0) is 0 Å². The summed E-state index contributed by atoms with van der Waals surface area (Å²) in [5.74, 6) is 0. The van der Waals surface area contributed by atoms with Gasteiger partial charge in [0.2, 0.25) is 0 Å². The van der Waals surface area contributed by atoms with Crippen LogP contribution >= 0.6 is 34.3 Å². The Morgan fingerprint density at radius 1 is 1.40 bits per heavy atom. The van der Waals surface area contributed by atoms with Gasteiger partial charge in [-0.3, -0.25) is 0 Å². The summed E-state index contributed by atoms with van der Waals surface area (Å²) < 4.78 is -0.267. The zero-order valence-electron chi connectivity index (χ0n) is 2.42. The molecule has 0 aliphatic heterocycles. The molecule has 0 heterocycles. The van der Waals surface area contributed by atoms with Crippen LogP contribution in [0.2, 0.25) is 0 Å². The first-order chi connectivity index (χ1) is 2.27. The Labute approximate surface area is 47.9 Å². The van der Waals surface area contributed by atoms with Crippen molar-refractivity contribution in [2.45, 2.75) is 4.46 Å². The maximum Gasteiger partial charge on any atom is 0.161 e. The van der Waals surface area contributed by atoms with Crippen LogP contribution in [0.3, 0.4) is 0 Å². The van der Waals surface area contributed by atoms with Crippen LogP contribution in [0.15, 0.2) is 0 Å². The molecular formula is CH3Cl3Si. The Hall–Kier alpha value is 1.09. The monoisotopic (exact) mass is 148 g/mol. The minimum absolute atomic E-state index is 0.267. The molecule has 0 rings (SSSR count). The summed E-state index contributed by atoms with van der Waals surface area (Å²) in [4.78, 5) is 0. The van der Waals surface area contributed by atoms with E-state index in [-0.39, 0.29) is 4.46 Å². The summed E-state index contributed by atoms with van der Waals surface area (Å²) >= 11 is 15.5. The molecule has 0 bridgehead atoms. The highest BCUT2D eigenvalue weighted by atomic mass is 35.6. The molecule has 0 atom stereocenters. The van der Waals surface area contributed by atoms with Crippen molar-refractivity contribution in [3.8, 4) is 0 Å². The van der Waals surface area contributed by atoms with E-state index < -0.39 is 8.83 Å². The fourth-order valence-electron chi connectivity index (χ4n) is 0. The Balaban J connectivity index is 2.54. The molecule has 0 saturated carbocycles. The molecule has 5 heavy (non-hydrogen) atoms. The summed E-state index contributed by atoms with van der Waals surface area (Å²) in [6.07, 6.45) is 0. The number of halogens is 3. The van der Waals surface area contributed by atoms with Gasteiger partial charge in [-0.2, -0.15) is 11.1 Å². The molecule has 0 spiro atoms. The molecule has 0 nitrogen and oxygen atoms in total. The van der Waals surface area contributed by atoms with Gasteiger partial charge in [0, 0.05) is 0 Å². The lowest BCUT2D eigenvalue weighted by Gasteiger charge is -1.81. The van der Waals surface area contributed by atoms with Crippen molar-refractivity contribution in [1.82, 2.24) is 0 Å². The summed E-state index contributed by atoms with van der Waals surface area (Å²) in [6, 6.07) is 0. The summed E-state index contributed by atoms with van der Waals surface area (Å²) in [5.41, 5.74) is 0. The van der Waals surface area contributed by atoms with Gasteiger partial charge >= 0.3 is 0 Å². The Morgan fingerprint density at radius 3 is 1.60 bits per heavy atom. The van der Waals surface area contributed by atoms with E-state index in [4.69, 9.17) is 34.3 Å². The van der Waals surface area contributed by atoms with Crippen molar-refractivity contribution >= 4 is 43.1 Å². The topological polar surface area (TPSA) is 0 Å². The first kappa shape index (κ1) is 6.09. The molecule has 0 N–H and O–H groups in total. The fourth-order valence-corrected chi connectivity index (χ4v) is 0. The van der Waals surface area contributed by atoms with E-state index in [1.807, 2.05) is 0 Å². The van der Waals surface area contributed by atoms with Crippen LogP contribution in [-0.4, -0.2) is 13.3 Å². The molecule has 32 valence electrons. The van der Waals surface area contributed by atoms with Crippen LogP contribution in [0.1, 0.15) is 0 Å². The normalized spacial score (nSPS) is 12.0. The first-order valence-corrected chi connectivity index (χ1v) is 4.94. The standard InChI is InChI=1S/CH3Cl3Si/c2-1(3)5-4/h1H,5H2. The molecule has 0 aliphatic rings. The van der Waals surface area contributed by atoms with Crippen LogP contribution < -0.4 is 0 Å². The number of hydrogen-bond donors (Lipinski definition) is 0. The number of rotatable bonds is 1. The average Bonchev–Trinajstić information content (AvgIpc) is 1.38. The second-order valence-electron chi connectivity index (χ2n) is 0.545. The zero-order valence-corrected chi connectivity index (χ0v) is 6.10. The third-order valence-corrected chi connectivity index (χ3v) is 3.15. The lowest BCUT2D eigenvalue weighted by Crippen LogP contribution is -1.88. The highest BCUT2D eigenvalue weighted by molar-refractivity contribution is 7.01. The fraction of sp³-hybridized carbons (Fsp3) is 1.00. The third-order valence-electron chi connectivity index (χ3n) is 0.117. The van der Waals surface area contributed by atoms with Gasteiger partial charge in [0.15, 0.2) is 8.83 Å². The van der Waals surface area contributed by atoms with E-state index in [0.29, 0.717) is 0 Å². The highest BCUT2D eigenvalue weighted by Gasteiger charge is 1.90. The van der Waals surface area contributed by atoms with E-state index in [1.54, 1.807) is 0 Å². The van der Waals surface area contributed by atoms with Gasteiger partial charge in [0.25, 0.3) is 0 Å². The van der Waals surface area contributed by atoms with E-state index in [2.05, 4.69) is 0 Å². The molecule has 0 fully saturated rings. The Morgan fingerprint density at radius 2 is 1.60 bits per heavy atom. The maximum atomic E-state index is 5.21. The number of alkyl halides is 2. The van der Waals surface area contributed by atoms with Gasteiger partial charge in [-0.25, -0.2) is 0 Å². The van der Waals surface area contributed by atoms with Crippen LogP contribution in [0.5, 0.6) is 0 Å². The Kier molecular flexibility index (Phi) is 4.00. The first-order valence-electron chi connectivity index (χ1n) is 1.11. The molecule has 0 radical (unpaired) electrons. The van der Waals surface area contributed by atoms with Gasteiger partial charge in [-0.1, -0.05) is 0 Å². The number of hydrogen-bond acceptors (Lipinski definition) is 0. The molecule has 0 aromatic heterocycles.